The number of aryl methyl sites for hydroxylation is 1. The van der Waals surface area contributed by atoms with Gasteiger partial charge in [0.1, 0.15) is 0 Å². The molecule has 2 fully saturated rings. The van der Waals surface area contributed by atoms with E-state index in [4.69, 9.17) is 0 Å². The van der Waals surface area contributed by atoms with Crippen LogP contribution in [-0.2, 0) is 13.0 Å². The number of piperidine rings is 1. The van der Waals surface area contributed by atoms with Crippen molar-refractivity contribution in [1.82, 2.24) is 4.90 Å². The molecule has 2 aliphatic rings. The number of aliphatic hydroxyl groups excluding tert-OH is 1. The fourth-order valence-corrected chi connectivity index (χ4v) is 5.17. The number of hydrogen-bond acceptors (Lipinski definition) is 3. The summed E-state index contributed by atoms with van der Waals surface area (Å²) in [5.41, 5.74) is 0. The highest BCUT2D eigenvalue weighted by molar-refractivity contribution is 7.11. The average molecular weight is 308 g/mol. The Balaban J connectivity index is 1.68. The highest BCUT2D eigenvalue weighted by Crippen LogP contribution is 2.35. The van der Waals surface area contributed by atoms with Crippen LogP contribution >= 0.6 is 11.3 Å². The molecule has 2 nitrogen and oxygen atoms in total. The van der Waals surface area contributed by atoms with Crippen molar-refractivity contribution in [2.75, 3.05) is 6.54 Å². The van der Waals surface area contributed by atoms with Gasteiger partial charge in [-0.1, -0.05) is 26.2 Å². The van der Waals surface area contributed by atoms with Crippen molar-refractivity contribution in [1.29, 1.82) is 0 Å². The fraction of sp³-hybridized carbons (Fsp3) is 0.778. The van der Waals surface area contributed by atoms with Crippen molar-refractivity contribution in [3.8, 4) is 0 Å². The lowest BCUT2D eigenvalue weighted by molar-refractivity contribution is -0.00827. The van der Waals surface area contributed by atoms with Crippen LogP contribution in [0.25, 0.3) is 0 Å². The summed E-state index contributed by atoms with van der Waals surface area (Å²) in [6, 6.07) is 5.21. The molecule has 0 spiro atoms. The Morgan fingerprint density at radius 1 is 1.10 bits per heavy atom. The van der Waals surface area contributed by atoms with Crippen LogP contribution in [0.3, 0.4) is 0 Å². The van der Waals surface area contributed by atoms with E-state index in [-0.39, 0.29) is 6.10 Å². The molecule has 0 amide bonds. The van der Waals surface area contributed by atoms with Crippen molar-refractivity contribution >= 4 is 11.3 Å². The molecule has 2 heterocycles. The molecule has 1 aliphatic carbocycles. The second kappa shape index (κ2) is 7.26. The Morgan fingerprint density at radius 2 is 1.86 bits per heavy atom. The molecule has 3 heteroatoms. The molecular weight excluding hydrogens is 278 g/mol. The largest absolute Gasteiger partial charge is 0.393 e. The van der Waals surface area contributed by atoms with Crippen LogP contribution in [0, 0.1) is 5.92 Å². The molecule has 0 aromatic carbocycles. The van der Waals surface area contributed by atoms with Crippen molar-refractivity contribution in [2.24, 2.45) is 5.92 Å². The second-order valence-corrected chi connectivity index (χ2v) is 8.02. The third kappa shape index (κ3) is 3.69. The molecule has 1 aromatic rings. The number of rotatable bonds is 4. The van der Waals surface area contributed by atoms with Crippen LogP contribution in [0.15, 0.2) is 12.1 Å². The minimum absolute atomic E-state index is 0.0566. The normalized spacial score (nSPS) is 31.4. The lowest BCUT2D eigenvalue weighted by Crippen LogP contribution is -2.48. The maximum atomic E-state index is 10.4. The number of likely N-dealkylation sites (tertiary alicyclic amines) is 1. The standard InChI is InChI=1S/C18H29NOS/c1-2-14-10-11-15(21-14)13-19-12-6-5-8-17(19)16-7-3-4-9-18(16)20/h10-11,16-18,20H,2-9,12-13H2,1H3. The quantitative estimate of drug-likeness (QED) is 0.900. The number of aliphatic hydroxyl groups is 1. The minimum atomic E-state index is -0.0566. The van der Waals surface area contributed by atoms with Gasteiger partial charge in [0, 0.05) is 28.3 Å². The van der Waals surface area contributed by atoms with E-state index in [2.05, 4.69) is 24.0 Å². The first-order valence-electron chi connectivity index (χ1n) is 8.77. The predicted octanol–water partition coefficient (Wildman–Crippen LogP) is 4.22. The molecule has 0 radical (unpaired) electrons. The van der Waals surface area contributed by atoms with Crippen LogP contribution < -0.4 is 0 Å². The zero-order valence-electron chi connectivity index (χ0n) is 13.3. The predicted molar refractivity (Wildman–Crippen MR) is 89.7 cm³/mol. The van der Waals surface area contributed by atoms with E-state index in [1.165, 1.54) is 54.8 Å². The number of hydrogen-bond donors (Lipinski definition) is 1. The van der Waals surface area contributed by atoms with E-state index in [0.717, 1.165) is 19.4 Å². The number of thiophene rings is 1. The third-order valence-electron chi connectivity index (χ3n) is 5.36. The summed E-state index contributed by atoms with van der Waals surface area (Å²) in [6.07, 6.45) is 9.82. The van der Waals surface area contributed by atoms with E-state index >= 15 is 0 Å². The maximum absolute atomic E-state index is 10.4. The summed E-state index contributed by atoms with van der Waals surface area (Å²) in [4.78, 5) is 5.67. The van der Waals surface area contributed by atoms with Crippen LogP contribution in [0.1, 0.15) is 61.6 Å². The highest BCUT2D eigenvalue weighted by atomic mass is 32.1. The molecule has 21 heavy (non-hydrogen) atoms. The fourth-order valence-electron chi connectivity index (χ4n) is 4.18. The first-order chi connectivity index (χ1) is 10.3. The van der Waals surface area contributed by atoms with Gasteiger partial charge in [0.25, 0.3) is 0 Å². The zero-order valence-corrected chi connectivity index (χ0v) is 14.1. The van der Waals surface area contributed by atoms with Crippen LogP contribution in [0.4, 0.5) is 0 Å². The van der Waals surface area contributed by atoms with Gasteiger partial charge in [-0.2, -0.15) is 0 Å². The van der Waals surface area contributed by atoms with Gasteiger partial charge < -0.3 is 5.11 Å². The van der Waals surface area contributed by atoms with Gasteiger partial charge in [-0.05, 0) is 50.8 Å². The van der Waals surface area contributed by atoms with E-state index in [9.17, 15) is 5.11 Å². The van der Waals surface area contributed by atoms with Crippen molar-refractivity contribution < 1.29 is 5.11 Å². The molecule has 3 unspecified atom stereocenters. The summed E-state index contributed by atoms with van der Waals surface area (Å²) in [5.74, 6) is 0.518. The van der Waals surface area contributed by atoms with Crippen molar-refractivity contribution in [3.63, 3.8) is 0 Å². The van der Waals surface area contributed by atoms with Gasteiger partial charge in [0.15, 0.2) is 0 Å². The summed E-state index contributed by atoms with van der Waals surface area (Å²) in [7, 11) is 0. The Labute approximate surface area is 133 Å². The lowest BCUT2D eigenvalue weighted by atomic mass is 9.78. The Morgan fingerprint density at radius 3 is 2.62 bits per heavy atom. The molecule has 118 valence electrons. The highest BCUT2D eigenvalue weighted by Gasteiger charge is 2.35. The monoisotopic (exact) mass is 307 g/mol. The third-order valence-corrected chi connectivity index (χ3v) is 6.58. The Bertz CT molecular complexity index is 444. The molecule has 1 N–H and O–H groups in total. The molecular formula is C18H29NOS. The summed E-state index contributed by atoms with van der Waals surface area (Å²) in [6.45, 7) is 4.55. The number of nitrogens with zero attached hydrogens (tertiary/aromatic N) is 1. The maximum Gasteiger partial charge on any atom is 0.0583 e. The SMILES string of the molecule is CCc1ccc(CN2CCCCC2C2CCCCC2O)s1. The lowest BCUT2D eigenvalue weighted by Gasteiger charge is -2.43. The second-order valence-electron chi connectivity index (χ2n) is 6.77. The van der Waals surface area contributed by atoms with Crippen LogP contribution in [0.2, 0.25) is 0 Å². The first-order valence-corrected chi connectivity index (χ1v) is 9.59. The molecule has 1 saturated heterocycles. The van der Waals surface area contributed by atoms with Crippen LogP contribution in [-0.4, -0.2) is 28.7 Å². The average Bonchev–Trinajstić information content (AvgIpc) is 2.96. The molecule has 1 aliphatic heterocycles. The molecule has 1 saturated carbocycles. The van der Waals surface area contributed by atoms with Gasteiger partial charge in [-0.15, -0.1) is 11.3 Å². The summed E-state index contributed by atoms with van der Waals surface area (Å²) < 4.78 is 0. The van der Waals surface area contributed by atoms with Crippen LogP contribution in [0.5, 0.6) is 0 Å². The molecule has 0 bridgehead atoms. The topological polar surface area (TPSA) is 23.5 Å². The van der Waals surface area contributed by atoms with Gasteiger partial charge in [-0.25, -0.2) is 0 Å². The smallest absolute Gasteiger partial charge is 0.0583 e. The molecule has 3 rings (SSSR count). The van der Waals surface area contributed by atoms with E-state index in [1.54, 1.807) is 0 Å². The summed E-state index contributed by atoms with van der Waals surface area (Å²) >= 11 is 1.97. The van der Waals surface area contributed by atoms with E-state index in [0.29, 0.717) is 12.0 Å². The van der Waals surface area contributed by atoms with Gasteiger partial charge in [0.2, 0.25) is 0 Å². The molecule has 1 aromatic heterocycles. The van der Waals surface area contributed by atoms with Gasteiger partial charge in [0.05, 0.1) is 6.10 Å². The zero-order chi connectivity index (χ0) is 14.7. The molecule has 3 atom stereocenters. The Kier molecular flexibility index (Phi) is 5.36. The van der Waals surface area contributed by atoms with Crippen molar-refractivity contribution in [3.05, 3.63) is 21.9 Å². The first kappa shape index (κ1) is 15.5. The summed E-state index contributed by atoms with van der Waals surface area (Å²) in [5, 5.41) is 10.4. The Hall–Kier alpha value is -0.380. The minimum Gasteiger partial charge on any atom is -0.393 e. The van der Waals surface area contributed by atoms with Crippen molar-refractivity contribution in [2.45, 2.75) is 77.0 Å². The van der Waals surface area contributed by atoms with E-state index in [1.807, 2.05) is 11.3 Å². The van der Waals surface area contributed by atoms with E-state index < -0.39 is 0 Å². The van der Waals surface area contributed by atoms with Gasteiger partial charge >= 0.3 is 0 Å². The van der Waals surface area contributed by atoms with Gasteiger partial charge in [-0.3, -0.25) is 4.90 Å².